The van der Waals surface area contributed by atoms with Crippen molar-refractivity contribution in [2.24, 2.45) is 5.92 Å². The fourth-order valence-electron chi connectivity index (χ4n) is 3.44. The molecule has 0 bridgehead atoms. The van der Waals surface area contributed by atoms with Gasteiger partial charge in [-0.15, -0.1) is 0 Å². The van der Waals surface area contributed by atoms with Gasteiger partial charge in [0.05, 0.1) is 6.54 Å². The van der Waals surface area contributed by atoms with Crippen molar-refractivity contribution in [3.63, 3.8) is 0 Å². The molecule has 3 nitrogen and oxygen atoms in total. The maximum Gasteiger partial charge on any atom is 0.236 e. The number of nitrogens with zero attached hydrogens (tertiary/aromatic N) is 1. The normalized spacial score (nSPS) is 29.3. The second kappa shape index (κ2) is 7.13. The minimum Gasteiger partial charge on any atom is -0.342 e. The Morgan fingerprint density at radius 3 is 2.56 bits per heavy atom. The highest BCUT2D eigenvalue weighted by atomic mass is 16.2. The summed E-state index contributed by atoms with van der Waals surface area (Å²) in [4.78, 5) is 14.1. The summed E-state index contributed by atoms with van der Waals surface area (Å²) in [6.07, 6.45) is 10.2. The fourth-order valence-corrected chi connectivity index (χ4v) is 3.44. The van der Waals surface area contributed by atoms with Crippen LogP contribution in [0.4, 0.5) is 0 Å². The second-order valence-electron chi connectivity index (χ2n) is 5.88. The van der Waals surface area contributed by atoms with Crippen LogP contribution in [0.15, 0.2) is 0 Å². The molecule has 1 aliphatic carbocycles. The first-order chi connectivity index (χ1) is 8.81. The Morgan fingerprint density at radius 2 is 1.83 bits per heavy atom. The number of carbonyl (C=O) groups is 1. The van der Waals surface area contributed by atoms with Gasteiger partial charge in [0.15, 0.2) is 0 Å². The van der Waals surface area contributed by atoms with E-state index < -0.39 is 0 Å². The highest BCUT2D eigenvalue weighted by molar-refractivity contribution is 5.78. The van der Waals surface area contributed by atoms with Crippen LogP contribution in [0, 0.1) is 5.92 Å². The minimum absolute atomic E-state index is 0.315. The predicted molar refractivity (Wildman–Crippen MR) is 74.5 cm³/mol. The molecule has 1 saturated carbocycles. The van der Waals surface area contributed by atoms with Crippen molar-refractivity contribution in [3.05, 3.63) is 0 Å². The highest BCUT2D eigenvalue weighted by Gasteiger charge is 2.24. The molecule has 0 aromatic heterocycles. The average Bonchev–Trinajstić information content (AvgIpc) is 2.46. The van der Waals surface area contributed by atoms with Crippen LogP contribution < -0.4 is 5.32 Å². The van der Waals surface area contributed by atoms with Crippen molar-refractivity contribution in [1.29, 1.82) is 0 Å². The number of hydrogen-bond acceptors (Lipinski definition) is 2. The van der Waals surface area contributed by atoms with E-state index in [2.05, 4.69) is 12.2 Å². The van der Waals surface area contributed by atoms with Crippen molar-refractivity contribution in [3.8, 4) is 0 Å². The maximum atomic E-state index is 12.1. The molecule has 104 valence electrons. The van der Waals surface area contributed by atoms with Gasteiger partial charge in [-0.1, -0.05) is 26.2 Å². The summed E-state index contributed by atoms with van der Waals surface area (Å²) in [6, 6.07) is 0.581. The van der Waals surface area contributed by atoms with Gasteiger partial charge >= 0.3 is 0 Å². The van der Waals surface area contributed by atoms with E-state index in [9.17, 15) is 4.79 Å². The van der Waals surface area contributed by atoms with Crippen LogP contribution >= 0.6 is 0 Å². The van der Waals surface area contributed by atoms with Crippen molar-refractivity contribution in [1.82, 2.24) is 10.2 Å². The van der Waals surface area contributed by atoms with Crippen LogP contribution in [0.2, 0.25) is 0 Å². The van der Waals surface area contributed by atoms with E-state index in [4.69, 9.17) is 0 Å². The van der Waals surface area contributed by atoms with Gasteiger partial charge in [0, 0.05) is 19.1 Å². The SMILES string of the molecule is CCC1CCCCC1NCC(=O)N1CCCCC1. The number of likely N-dealkylation sites (tertiary alicyclic amines) is 1. The van der Waals surface area contributed by atoms with Crippen molar-refractivity contribution >= 4 is 5.91 Å². The zero-order chi connectivity index (χ0) is 12.8. The second-order valence-corrected chi connectivity index (χ2v) is 5.88. The van der Waals surface area contributed by atoms with Crippen molar-refractivity contribution in [2.45, 2.75) is 64.3 Å². The highest BCUT2D eigenvalue weighted by Crippen LogP contribution is 2.26. The summed E-state index contributed by atoms with van der Waals surface area (Å²) >= 11 is 0. The molecule has 0 aromatic rings. The summed E-state index contributed by atoms with van der Waals surface area (Å²) in [5.41, 5.74) is 0. The van der Waals surface area contributed by atoms with Gasteiger partial charge < -0.3 is 10.2 Å². The summed E-state index contributed by atoms with van der Waals surface area (Å²) in [5.74, 6) is 1.10. The van der Waals surface area contributed by atoms with E-state index in [1.54, 1.807) is 0 Å². The summed E-state index contributed by atoms with van der Waals surface area (Å²) < 4.78 is 0. The molecule has 1 amide bonds. The Kier molecular flexibility index (Phi) is 5.48. The van der Waals surface area contributed by atoms with Gasteiger partial charge in [0.25, 0.3) is 0 Å². The van der Waals surface area contributed by atoms with Crippen molar-refractivity contribution < 1.29 is 4.79 Å². The molecule has 2 unspecified atom stereocenters. The first-order valence-electron chi connectivity index (χ1n) is 7.82. The zero-order valence-corrected chi connectivity index (χ0v) is 11.8. The summed E-state index contributed by atoms with van der Waals surface area (Å²) in [6.45, 7) is 4.78. The summed E-state index contributed by atoms with van der Waals surface area (Å²) in [7, 11) is 0. The molecule has 0 radical (unpaired) electrons. The van der Waals surface area contributed by atoms with Crippen LogP contribution in [-0.4, -0.2) is 36.5 Å². The van der Waals surface area contributed by atoms with Crippen LogP contribution in [0.5, 0.6) is 0 Å². The largest absolute Gasteiger partial charge is 0.342 e. The molecule has 1 N–H and O–H groups in total. The molecule has 2 aliphatic rings. The molecule has 0 aromatic carbocycles. The van der Waals surface area contributed by atoms with Gasteiger partial charge in [0.1, 0.15) is 0 Å². The van der Waals surface area contributed by atoms with Crippen LogP contribution in [0.25, 0.3) is 0 Å². The lowest BCUT2D eigenvalue weighted by molar-refractivity contribution is -0.131. The first-order valence-corrected chi connectivity index (χ1v) is 7.82. The summed E-state index contributed by atoms with van der Waals surface area (Å²) in [5, 5.41) is 3.53. The van der Waals surface area contributed by atoms with Crippen LogP contribution in [0.3, 0.4) is 0 Å². The standard InChI is InChI=1S/C15H28N2O/c1-2-13-8-4-5-9-14(13)16-12-15(18)17-10-6-3-7-11-17/h13-14,16H,2-12H2,1H3. The monoisotopic (exact) mass is 252 g/mol. The molecule has 3 heteroatoms. The molecule has 18 heavy (non-hydrogen) atoms. The molecule has 2 atom stereocenters. The Labute approximate surface area is 111 Å². The maximum absolute atomic E-state index is 12.1. The van der Waals surface area contributed by atoms with E-state index in [0.717, 1.165) is 19.0 Å². The van der Waals surface area contributed by atoms with Gasteiger partial charge in [0.2, 0.25) is 5.91 Å². The number of nitrogens with one attached hydrogen (secondary N) is 1. The smallest absolute Gasteiger partial charge is 0.236 e. The Balaban J connectivity index is 1.73. The third-order valence-corrected chi connectivity index (χ3v) is 4.66. The van der Waals surface area contributed by atoms with E-state index in [-0.39, 0.29) is 0 Å². The van der Waals surface area contributed by atoms with Gasteiger partial charge in [-0.3, -0.25) is 4.79 Å². The van der Waals surface area contributed by atoms with Crippen LogP contribution in [0.1, 0.15) is 58.3 Å². The number of hydrogen-bond donors (Lipinski definition) is 1. The van der Waals surface area contributed by atoms with Crippen LogP contribution in [-0.2, 0) is 4.79 Å². The molecular formula is C15H28N2O. The van der Waals surface area contributed by atoms with Gasteiger partial charge in [-0.25, -0.2) is 0 Å². The number of piperidine rings is 1. The Morgan fingerprint density at radius 1 is 1.11 bits per heavy atom. The quantitative estimate of drug-likeness (QED) is 0.834. The molecule has 1 aliphatic heterocycles. The molecule has 2 fully saturated rings. The van der Waals surface area contributed by atoms with E-state index in [1.165, 1.54) is 51.4 Å². The third-order valence-electron chi connectivity index (χ3n) is 4.66. The lowest BCUT2D eigenvalue weighted by Crippen LogP contribution is -2.46. The van der Waals surface area contributed by atoms with Gasteiger partial charge in [-0.05, 0) is 38.0 Å². The molecule has 1 saturated heterocycles. The predicted octanol–water partition coefficient (Wildman–Crippen LogP) is 2.56. The molecule has 0 spiro atoms. The third kappa shape index (κ3) is 3.71. The molecular weight excluding hydrogens is 224 g/mol. The molecule has 1 heterocycles. The number of carbonyl (C=O) groups excluding carboxylic acids is 1. The first kappa shape index (κ1) is 13.9. The Hall–Kier alpha value is -0.570. The Bertz CT molecular complexity index is 261. The number of amides is 1. The lowest BCUT2D eigenvalue weighted by atomic mass is 9.83. The minimum atomic E-state index is 0.315. The number of rotatable bonds is 4. The average molecular weight is 252 g/mol. The lowest BCUT2D eigenvalue weighted by Gasteiger charge is -2.33. The topological polar surface area (TPSA) is 32.3 Å². The van der Waals surface area contributed by atoms with E-state index >= 15 is 0 Å². The zero-order valence-electron chi connectivity index (χ0n) is 11.8. The fraction of sp³-hybridized carbons (Fsp3) is 0.933. The van der Waals surface area contributed by atoms with E-state index in [1.807, 2.05) is 4.90 Å². The van der Waals surface area contributed by atoms with Crippen molar-refractivity contribution in [2.75, 3.05) is 19.6 Å². The van der Waals surface area contributed by atoms with Gasteiger partial charge in [-0.2, -0.15) is 0 Å². The molecule has 2 rings (SSSR count). The van der Waals surface area contributed by atoms with E-state index in [0.29, 0.717) is 18.5 Å².